The Bertz CT molecular complexity index is 885. The Morgan fingerprint density at radius 3 is 2.41 bits per heavy atom. The normalized spacial score (nSPS) is 12.3. The molecule has 2 aromatic rings. The number of methoxy groups -OCH3 is 1. The minimum absolute atomic E-state index is 0.215. The van der Waals surface area contributed by atoms with Crippen LogP contribution in [-0.2, 0) is 14.8 Å². The third kappa shape index (κ3) is 5.97. The van der Waals surface area contributed by atoms with Gasteiger partial charge in [0.1, 0.15) is 12.3 Å². The lowest BCUT2D eigenvalue weighted by atomic mass is 10.0. The fraction of sp³-hybridized carbons (Fsp3) is 0.316. The summed E-state index contributed by atoms with van der Waals surface area (Å²) in [4.78, 5) is 12.6. The Kier molecular flexibility index (Phi) is 7.26. The first-order chi connectivity index (χ1) is 12.7. The van der Waals surface area contributed by atoms with Crippen molar-refractivity contribution in [2.24, 2.45) is 0 Å². The number of hydrogen-bond donors (Lipinski definition) is 1. The lowest BCUT2D eigenvalue weighted by Crippen LogP contribution is -2.41. The summed E-state index contributed by atoms with van der Waals surface area (Å²) < 4.78 is 31.4. The zero-order valence-electron chi connectivity index (χ0n) is 15.5. The summed E-state index contributed by atoms with van der Waals surface area (Å²) in [6.45, 7) is 1.67. The topological polar surface area (TPSA) is 75.7 Å². The molecule has 8 heteroatoms. The third-order valence-electron chi connectivity index (χ3n) is 4.05. The minimum Gasteiger partial charge on any atom is -0.497 e. The number of carbonyl (C=O) groups is 1. The third-order valence-corrected chi connectivity index (χ3v) is 5.68. The Balaban J connectivity index is 2.16. The number of ether oxygens (including phenoxy) is 1. The zero-order valence-corrected chi connectivity index (χ0v) is 17.9. The zero-order chi connectivity index (χ0) is 20.0. The van der Waals surface area contributed by atoms with Crippen molar-refractivity contribution in [1.29, 1.82) is 0 Å². The summed E-state index contributed by atoms with van der Waals surface area (Å²) in [6, 6.07) is 14.0. The van der Waals surface area contributed by atoms with E-state index in [1.165, 1.54) is 0 Å². The van der Waals surface area contributed by atoms with Gasteiger partial charge in [-0.3, -0.25) is 9.10 Å². The average Bonchev–Trinajstić information content (AvgIpc) is 2.63. The largest absolute Gasteiger partial charge is 0.497 e. The van der Waals surface area contributed by atoms with Crippen molar-refractivity contribution >= 4 is 37.5 Å². The fourth-order valence-corrected chi connectivity index (χ4v) is 3.89. The van der Waals surface area contributed by atoms with Gasteiger partial charge in [-0.25, -0.2) is 8.42 Å². The average molecular weight is 455 g/mol. The van der Waals surface area contributed by atoms with Crippen molar-refractivity contribution < 1.29 is 17.9 Å². The van der Waals surface area contributed by atoms with Gasteiger partial charge in [-0.15, -0.1) is 0 Å². The van der Waals surface area contributed by atoms with Crippen LogP contribution in [-0.4, -0.2) is 34.2 Å². The molecule has 0 aliphatic carbocycles. The number of hydrogen-bond acceptors (Lipinski definition) is 4. The van der Waals surface area contributed by atoms with Crippen molar-refractivity contribution in [2.45, 2.75) is 19.4 Å². The van der Waals surface area contributed by atoms with Crippen LogP contribution in [0.15, 0.2) is 53.0 Å². The van der Waals surface area contributed by atoms with Crippen LogP contribution in [0.2, 0.25) is 0 Å². The quantitative estimate of drug-likeness (QED) is 0.661. The second-order valence-electron chi connectivity index (χ2n) is 6.05. The molecule has 1 atom stereocenters. The fourth-order valence-electron chi connectivity index (χ4n) is 2.66. The van der Waals surface area contributed by atoms with E-state index in [4.69, 9.17) is 4.74 Å². The number of sulfonamides is 1. The number of amides is 1. The van der Waals surface area contributed by atoms with E-state index in [2.05, 4.69) is 21.2 Å². The van der Waals surface area contributed by atoms with Gasteiger partial charge in [0.25, 0.3) is 0 Å². The van der Waals surface area contributed by atoms with Crippen LogP contribution in [0, 0.1) is 0 Å². The van der Waals surface area contributed by atoms with E-state index in [0.717, 1.165) is 26.3 Å². The molecule has 1 amide bonds. The highest BCUT2D eigenvalue weighted by Gasteiger charge is 2.22. The maximum Gasteiger partial charge on any atom is 0.241 e. The maximum atomic E-state index is 12.6. The Labute approximate surface area is 168 Å². The van der Waals surface area contributed by atoms with Crippen molar-refractivity contribution in [1.82, 2.24) is 5.32 Å². The van der Waals surface area contributed by atoms with Gasteiger partial charge in [0.15, 0.2) is 0 Å². The number of carbonyl (C=O) groups excluding carboxylic acids is 1. The molecule has 0 radical (unpaired) electrons. The highest BCUT2D eigenvalue weighted by molar-refractivity contribution is 9.10. The van der Waals surface area contributed by atoms with Crippen molar-refractivity contribution in [3.05, 3.63) is 58.6 Å². The summed E-state index contributed by atoms with van der Waals surface area (Å²) in [6.07, 6.45) is 1.76. The SMILES string of the molecule is CC[C@@H](NC(=O)CN(c1cccc(Br)c1)S(C)(=O)=O)c1ccc(OC)cc1. The van der Waals surface area contributed by atoms with E-state index in [1.54, 1.807) is 31.4 Å². The summed E-state index contributed by atoms with van der Waals surface area (Å²) in [5, 5.41) is 2.91. The highest BCUT2D eigenvalue weighted by Crippen LogP contribution is 2.23. The standard InChI is InChI=1S/C19H23BrN2O4S/c1-4-18(14-8-10-17(26-2)11-9-14)21-19(23)13-22(27(3,24)25)16-7-5-6-15(20)12-16/h5-12,18H,4,13H2,1-3H3,(H,21,23)/t18-/m1/s1. The van der Waals surface area contributed by atoms with Crippen molar-refractivity contribution in [3.8, 4) is 5.75 Å². The van der Waals surface area contributed by atoms with Gasteiger partial charge in [-0.05, 0) is 42.3 Å². The van der Waals surface area contributed by atoms with Crippen LogP contribution in [0.25, 0.3) is 0 Å². The van der Waals surface area contributed by atoms with E-state index in [1.807, 2.05) is 31.2 Å². The summed E-state index contributed by atoms with van der Waals surface area (Å²) >= 11 is 3.32. The molecule has 6 nitrogen and oxygen atoms in total. The van der Waals surface area contributed by atoms with E-state index >= 15 is 0 Å². The maximum absolute atomic E-state index is 12.6. The number of anilines is 1. The number of nitrogens with zero attached hydrogens (tertiary/aromatic N) is 1. The molecule has 0 unspecified atom stereocenters. The van der Waals surface area contributed by atoms with E-state index in [0.29, 0.717) is 12.1 Å². The molecule has 2 aromatic carbocycles. The molecule has 0 fully saturated rings. The van der Waals surface area contributed by atoms with Crippen LogP contribution in [0.3, 0.4) is 0 Å². The van der Waals surface area contributed by atoms with Gasteiger partial charge in [0.05, 0.1) is 25.1 Å². The first kappa shape index (κ1) is 21.2. The number of benzene rings is 2. The lowest BCUT2D eigenvalue weighted by Gasteiger charge is -2.24. The Morgan fingerprint density at radius 2 is 1.89 bits per heavy atom. The minimum atomic E-state index is -3.61. The molecule has 0 aromatic heterocycles. The van der Waals surface area contributed by atoms with Crippen LogP contribution >= 0.6 is 15.9 Å². The van der Waals surface area contributed by atoms with Crippen LogP contribution in [0.1, 0.15) is 24.9 Å². The van der Waals surface area contributed by atoms with Gasteiger partial charge in [0.2, 0.25) is 15.9 Å². The summed E-state index contributed by atoms with van der Waals surface area (Å²) in [7, 11) is -2.02. The first-order valence-corrected chi connectivity index (χ1v) is 11.0. The summed E-state index contributed by atoms with van der Waals surface area (Å²) in [5.41, 5.74) is 1.36. The molecule has 0 saturated heterocycles. The first-order valence-electron chi connectivity index (χ1n) is 8.41. The van der Waals surface area contributed by atoms with Crippen LogP contribution < -0.4 is 14.4 Å². The van der Waals surface area contributed by atoms with Crippen LogP contribution in [0.4, 0.5) is 5.69 Å². The molecular formula is C19H23BrN2O4S. The number of nitrogens with one attached hydrogen (secondary N) is 1. The molecule has 0 aliphatic rings. The van der Waals surface area contributed by atoms with Gasteiger partial charge in [-0.1, -0.05) is 41.1 Å². The molecule has 0 spiro atoms. The smallest absolute Gasteiger partial charge is 0.241 e. The molecule has 0 aliphatic heterocycles. The summed E-state index contributed by atoms with van der Waals surface area (Å²) in [5.74, 6) is 0.362. The van der Waals surface area contributed by atoms with E-state index < -0.39 is 10.0 Å². The molecule has 0 saturated carbocycles. The monoisotopic (exact) mass is 454 g/mol. The molecule has 0 bridgehead atoms. The molecule has 1 N–H and O–H groups in total. The van der Waals surface area contributed by atoms with Gasteiger partial charge in [0, 0.05) is 4.47 Å². The Morgan fingerprint density at radius 1 is 1.22 bits per heavy atom. The number of halogens is 1. The second-order valence-corrected chi connectivity index (χ2v) is 8.87. The Hall–Kier alpha value is -2.06. The van der Waals surface area contributed by atoms with Crippen LogP contribution in [0.5, 0.6) is 5.75 Å². The highest BCUT2D eigenvalue weighted by atomic mass is 79.9. The molecule has 146 valence electrons. The molecular weight excluding hydrogens is 432 g/mol. The van der Waals surface area contributed by atoms with E-state index in [9.17, 15) is 13.2 Å². The predicted octanol–water partition coefficient (Wildman–Crippen LogP) is 3.49. The molecule has 0 heterocycles. The van der Waals surface area contributed by atoms with Gasteiger partial charge < -0.3 is 10.1 Å². The molecule has 2 rings (SSSR count). The number of rotatable bonds is 8. The van der Waals surface area contributed by atoms with E-state index in [-0.39, 0.29) is 18.5 Å². The lowest BCUT2D eigenvalue weighted by molar-refractivity contribution is -0.120. The predicted molar refractivity (Wildman–Crippen MR) is 111 cm³/mol. The van der Waals surface area contributed by atoms with Crippen molar-refractivity contribution in [3.63, 3.8) is 0 Å². The van der Waals surface area contributed by atoms with Gasteiger partial charge >= 0.3 is 0 Å². The molecule has 27 heavy (non-hydrogen) atoms. The second kappa shape index (κ2) is 9.23. The van der Waals surface area contributed by atoms with Crippen molar-refractivity contribution in [2.75, 3.05) is 24.2 Å². The van der Waals surface area contributed by atoms with Gasteiger partial charge in [-0.2, -0.15) is 0 Å².